The molecular formula is C11H10ClNO. The third-order valence-corrected chi connectivity index (χ3v) is 2.43. The Labute approximate surface area is 87.2 Å². The molecule has 0 aliphatic rings. The lowest BCUT2D eigenvalue weighted by Crippen LogP contribution is -1.86. The highest BCUT2D eigenvalue weighted by atomic mass is 35.5. The third kappa shape index (κ3) is 1.42. The molecule has 1 aromatic carbocycles. The molecular weight excluding hydrogens is 198 g/mol. The number of pyridine rings is 1. The van der Waals surface area contributed by atoms with Crippen molar-refractivity contribution in [2.24, 2.45) is 0 Å². The van der Waals surface area contributed by atoms with E-state index < -0.39 is 0 Å². The maximum Gasteiger partial charge on any atom is 0.142 e. The maximum atomic E-state index is 9.68. The fraction of sp³-hybridized carbons (Fsp3) is 0.182. The maximum absolute atomic E-state index is 9.68. The van der Waals surface area contributed by atoms with Crippen LogP contribution in [0.3, 0.4) is 0 Å². The van der Waals surface area contributed by atoms with Crippen molar-refractivity contribution in [1.29, 1.82) is 0 Å². The predicted molar refractivity (Wildman–Crippen MR) is 57.9 cm³/mol. The average molecular weight is 208 g/mol. The van der Waals surface area contributed by atoms with Gasteiger partial charge in [-0.1, -0.05) is 11.6 Å². The molecule has 0 fully saturated rings. The summed E-state index contributed by atoms with van der Waals surface area (Å²) >= 11 is 6.06. The van der Waals surface area contributed by atoms with E-state index in [1.807, 2.05) is 19.9 Å². The molecule has 0 bridgehead atoms. The monoisotopic (exact) mass is 207 g/mol. The second kappa shape index (κ2) is 3.14. The number of aromatic nitrogens is 1. The predicted octanol–water partition coefficient (Wildman–Crippen LogP) is 3.21. The highest BCUT2D eigenvalue weighted by Gasteiger charge is 2.06. The summed E-state index contributed by atoms with van der Waals surface area (Å²) in [6.45, 7) is 3.76. The number of aryl methyl sites for hydroxylation is 2. The summed E-state index contributed by atoms with van der Waals surface area (Å²) in [6, 6.07) is 5.40. The average Bonchev–Trinajstić information content (AvgIpc) is 2.07. The molecule has 0 atom stereocenters. The van der Waals surface area contributed by atoms with Gasteiger partial charge < -0.3 is 5.11 Å². The van der Waals surface area contributed by atoms with Gasteiger partial charge in [-0.05, 0) is 37.6 Å². The van der Waals surface area contributed by atoms with Crippen molar-refractivity contribution >= 4 is 22.5 Å². The molecule has 2 nitrogen and oxygen atoms in total. The Morgan fingerprint density at radius 2 is 1.93 bits per heavy atom. The Morgan fingerprint density at radius 1 is 1.21 bits per heavy atom. The molecule has 14 heavy (non-hydrogen) atoms. The van der Waals surface area contributed by atoms with E-state index in [-0.39, 0.29) is 5.75 Å². The minimum atomic E-state index is 0.186. The molecule has 2 aromatic rings. The number of nitrogens with zero attached hydrogens (tertiary/aromatic N) is 1. The first kappa shape index (κ1) is 9.28. The molecule has 0 saturated heterocycles. The zero-order chi connectivity index (χ0) is 10.3. The van der Waals surface area contributed by atoms with Crippen LogP contribution in [0.15, 0.2) is 18.2 Å². The molecule has 0 unspecified atom stereocenters. The summed E-state index contributed by atoms with van der Waals surface area (Å²) in [5.41, 5.74) is 2.35. The standard InChI is InChI=1S/C11H10ClNO/c1-6-3-8-9(12)5-7(2)13-11(8)10(14)4-6/h3-5,14H,1-2H3. The van der Waals surface area contributed by atoms with Gasteiger partial charge in [-0.3, -0.25) is 0 Å². The lowest BCUT2D eigenvalue weighted by molar-refractivity contribution is 0.480. The molecule has 0 aliphatic heterocycles. The fourth-order valence-corrected chi connectivity index (χ4v) is 1.83. The zero-order valence-corrected chi connectivity index (χ0v) is 8.76. The van der Waals surface area contributed by atoms with Crippen LogP contribution in [0.25, 0.3) is 10.9 Å². The Bertz CT molecular complexity index is 461. The minimum absolute atomic E-state index is 0.186. The first-order chi connectivity index (χ1) is 6.58. The van der Waals surface area contributed by atoms with E-state index in [2.05, 4.69) is 4.98 Å². The number of fused-ring (bicyclic) bond motifs is 1. The quantitative estimate of drug-likeness (QED) is 0.720. The second-order valence-corrected chi connectivity index (χ2v) is 3.83. The SMILES string of the molecule is Cc1cc(O)c2nc(C)cc(Cl)c2c1. The molecule has 1 heterocycles. The molecule has 0 amide bonds. The van der Waals surface area contributed by atoms with Gasteiger partial charge in [0.2, 0.25) is 0 Å². The topological polar surface area (TPSA) is 33.1 Å². The van der Waals surface area contributed by atoms with Gasteiger partial charge in [0.15, 0.2) is 0 Å². The Morgan fingerprint density at radius 3 is 2.64 bits per heavy atom. The Hall–Kier alpha value is -1.28. The van der Waals surface area contributed by atoms with Gasteiger partial charge in [-0.2, -0.15) is 0 Å². The number of benzene rings is 1. The van der Waals surface area contributed by atoms with Crippen LogP contribution in [0, 0.1) is 13.8 Å². The van der Waals surface area contributed by atoms with Crippen LogP contribution < -0.4 is 0 Å². The number of halogens is 1. The smallest absolute Gasteiger partial charge is 0.142 e. The van der Waals surface area contributed by atoms with Gasteiger partial charge in [-0.25, -0.2) is 4.98 Å². The number of hydrogen-bond acceptors (Lipinski definition) is 2. The number of aromatic hydroxyl groups is 1. The normalized spacial score (nSPS) is 10.8. The Kier molecular flexibility index (Phi) is 2.08. The molecule has 3 heteroatoms. The molecule has 1 aromatic heterocycles. The van der Waals surface area contributed by atoms with Crippen LogP contribution >= 0.6 is 11.6 Å². The zero-order valence-electron chi connectivity index (χ0n) is 8.00. The number of phenols is 1. The number of rotatable bonds is 0. The first-order valence-electron chi connectivity index (χ1n) is 4.34. The Balaban J connectivity index is 2.94. The fourth-order valence-electron chi connectivity index (χ4n) is 1.53. The summed E-state index contributed by atoms with van der Waals surface area (Å²) < 4.78 is 0. The van der Waals surface area contributed by atoms with Crippen molar-refractivity contribution in [1.82, 2.24) is 4.98 Å². The number of phenolic OH excluding ortho intramolecular Hbond substituents is 1. The summed E-state index contributed by atoms with van der Waals surface area (Å²) in [5.74, 6) is 0.186. The van der Waals surface area contributed by atoms with Crippen LogP contribution in [0.5, 0.6) is 5.75 Å². The van der Waals surface area contributed by atoms with Gasteiger partial charge >= 0.3 is 0 Å². The van der Waals surface area contributed by atoms with Crippen LogP contribution in [-0.4, -0.2) is 10.1 Å². The van der Waals surface area contributed by atoms with Crippen LogP contribution in [-0.2, 0) is 0 Å². The van der Waals surface area contributed by atoms with Gasteiger partial charge in [0.25, 0.3) is 0 Å². The first-order valence-corrected chi connectivity index (χ1v) is 4.72. The molecule has 1 N–H and O–H groups in total. The van der Waals surface area contributed by atoms with E-state index in [4.69, 9.17) is 11.6 Å². The van der Waals surface area contributed by atoms with E-state index >= 15 is 0 Å². The van der Waals surface area contributed by atoms with Gasteiger partial charge in [0, 0.05) is 11.1 Å². The molecule has 0 aliphatic carbocycles. The van der Waals surface area contributed by atoms with E-state index in [9.17, 15) is 5.11 Å². The highest BCUT2D eigenvalue weighted by Crippen LogP contribution is 2.30. The van der Waals surface area contributed by atoms with Gasteiger partial charge in [0.1, 0.15) is 11.3 Å². The van der Waals surface area contributed by atoms with Crippen molar-refractivity contribution in [3.63, 3.8) is 0 Å². The van der Waals surface area contributed by atoms with Crippen LogP contribution in [0.4, 0.5) is 0 Å². The van der Waals surface area contributed by atoms with Crippen molar-refractivity contribution in [3.05, 3.63) is 34.5 Å². The molecule has 0 spiro atoms. The van der Waals surface area contributed by atoms with Gasteiger partial charge in [-0.15, -0.1) is 0 Å². The number of hydrogen-bond donors (Lipinski definition) is 1. The van der Waals surface area contributed by atoms with Crippen molar-refractivity contribution < 1.29 is 5.11 Å². The van der Waals surface area contributed by atoms with Crippen molar-refractivity contribution in [2.75, 3.05) is 0 Å². The lowest BCUT2D eigenvalue weighted by Gasteiger charge is -2.05. The highest BCUT2D eigenvalue weighted by molar-refractivity contribution is 6.35. The van der Waals surface area contributed by atoms with E-state index in [1.165, 1.54) is 0 Å². The van der Waals surface area contributed by atoms with Crippen LogP contribution in [0.2, 0.25) is 5.02 Å². The largest absolute Gasteiger partial charge is 0.506 e. The second-order valence-electron chi connectivity index (χ2n) is 3.43. The summed E-state index contributed by atoms with van der Waals surface area (Å²) in [5, 5.41) is 11.1. The molecule has 0 radical (unpaired) electrons. The summed E-state index contributed by atoms with van der Waals surface area (Å²) in [6.07, 6.45) is 0. The van der Waals surface area contributed by atoms with Crippen molar-refractivity contribution in [3.8, 4) is 5.75 Å². The molecule has 0 saturated carbocycles. The van der Waals surface area contributed by atoms with E-state index in [0.29, 0.717) is 10.5 Å². The van der Waals surface area contributed by atoms with Crippen molar-refractivity contribution in [2.45, 2.75) is 13.8 Å². The van der Waals surface area contributed by atoms with E-state index in [0.717, 1.165) is 16.6 Å². The van der Waals surface area contributed by atoms with Crippen LogP contribution in [0.1, 0.15) is 11.3 Å². The summed E-state index contributed by atoms with van der Waals surface area (Å²) in [4.78, 5) is 4.24. The third-order valence-electron chi connectivity index (χ3n) is 2.12. The molecule has 72 valence electrons. The molecule has 2 rings (SSSR count). The lowest BCUT2D eigenvalue weighted by atomic mass is 10.1. The minimum Gasteiger partial charge on any atom is -0.506 e. The summed E-state index contributed by atoms with van der Waals surface area (Å²) in [7, 11) is 0. The van der Waals surface area contributed by atoms with Gasteiger partial charge in [0.05, 0.1) is 5.02 Å². The van der Waals surface area contributed by atoms with E-state index in [1.54, 1.807) is 12.1 Å².